The summed E-state index contributed by atoms with van der Waals surface area (Å²) >= 11 is 0. The van der Waals surface area contributed by atoms with Gasteiger partial charge in [-0.05, 0) is 98.2 Å². The van der Waals surface area contributed by atoms with Gasteiger partial charge in [-0.15, -0.1) is 0 Å². The molecule has 2 heteroatoms. The molecule has 0 amide bonds. The first-order valence-electron chi connectivity index (χ1n) is 18.4. The summed E-state index contributed by atoms with van der Waals surface area (Å²) in [7, 11) is 0. The lowest BCUT2D eigenvalue weighted by atomic mass is 9.96. The van der Waals surface area contributed by atoms with Crippen molar-refractivity contribution in [2.45, 2.75) is 0 Å². The van der Waals surface area contributed by atoms with Gasteiger partial charge in [-0.25, -0.2) is 0 Å². The van der Waals surface area contributed by atoms with Crippen LogP contribution >= 0.6 is 0 Å². The average Bonchev–Trinajstić information content (AvgIpc) is 3.61. The summed E-state index contributed by atoms with van der Waals surface area (Å²) in [5, 5.41) is 4.67. The summed E-state index contributed by atoms with van der Waals surface area (Å²) < 4.78 is 6.30. The molecule has 254 valence electrons. The smallest absolute Gasteiger partial charge is 0.136 e. The Bertz CT molecular complexity index is 2890. The fourth-order valence-electron chi connectivity index (χ4n) is 7.79. The Balaban J connectivity index is 1.05. The standard InChI is InChI=1S/C52H35NO/c1-3-12-36(13-4-1)37-22-24-38(25-23-37)39-26-30-43(31-27-39)53(50-20-9-7-17-46(50)40-14-5-2-6-15-40)44-32-28-41(29-33-44)45-19-11-16-42-34-49-47-18-8-10-21-51(47)54-52(49)35-48(42)45/h1-35H. The van der Waals surface area contributed by atoms with Crippen LogP contribution in [-0.2, 0) is 0 Å². The van der Waals surface area contributed by atoms with E-state index in [1.165, 1.54) is 49.7 Å². The zero-order valence-electron chi connectivity index (χ0n) is 29.6. The van der Waals surface area contributed by atoms with Gasteiger partial charge < -0.3 is 9.32 Å². The van der Waals surface area contributed by atoms with Crippen LogP contribution in [0.5, 0.6) is 0 Å². The molecule has 0 saturated carbocycles. The molecule has 1 aromatic heterocycles. The molecule has 0 aliphatic carbocycles. The van der Waals surface area contributed by atoms with Gasteiger partial charge in [-0.3, -0.25) is 0 Å². The normalized spacial score (nSPS) is 11.3. The van der Waals surface area contributed by atoms with E-state index in [9.17, 15) is 0 Å². The maximum absolute atomic E-state index is 6.30. The van der Waals surface area contributed by atoms with Crippen molar-refractivity contribution in [3.8, 4) is 44.5 Å². The summed E-state index contributed by atoms with van der Waals surface area (Å²) in [6, 6.07) is 75.9. The van der Waals surface area contributed by atoms with E-state index in [0.717, 1.165) is 44.6 Å². The molecule has 0 aliphatic heterocycles. The van der Waals surface area contributed by atoms with Crippen molar-refractivity contribution in [3.05, 3.63) is 212 Å². The van der Waals surface area contributed by atoms with Gasteiger partial charge in [0, 0.05) is 27.7 Å². The molecule has 54 heavy (non-hydrogen) atoms. The van der Waals surface area contributed by atoms with Crippen molar-refractivity contribution in [2.24, 2.45) is 0 Å². The van der Waals surface area contributed by atoms with E-state index in [1.807, 2.05) is 12.1 Å². The third-order valence-corrected chi connectivity index (χ3v) is 10.5. The Morgan fingerprint density at radius 1 is 0.296 bits per heavy atom. The molecule has 0 atom stereocenters. The topological polar surface area (TPSA) is 16.4 Å². The molecule has 0 unspecified atom stereocenters. The molecule has 0 radical (unpaired) electrons. The molecule has 0 N–H and O–H groups in total. The minimum Gasteiger partial charge on any atom is -0.456 e. The number of benzene rings is 9. The van der Waals surface area contributed by atoms with Crippen LogP contribution in [0.15, 0.2) is 217 Å². The van der Waals surface area contributed by atoms with Gasteiger partial charge in [0.1, 0.15) is 11.2 Å². The summed E-state index contributed by atoms with van der Waals surface area (Å²) in [5.74, 6) is 0. The number of hydrogen-bond donors (Lipinski definition) is 0. The third-order valence-electron chi connectivity index (χ3n) is 10.5. The van der Waals surface area contributed by atoms with E-state index >= 15 is 0 Å². The molecule has 0 aliphatic rings. The van der Waals surface area contributed by atoms with Crippen LogP contribution in [0.4, 0.5) is 17.1 Å². The van der Waals surface area contributed by atoms with Gasteiger partial charge >= 0.3 is 0 Å². The fraction of sp³-hybridized carbons (Fsp3) is 0. The van der Waals surface area contributed by atoms with Crippen molar-refractivity contribution < 1.29 is 4.42 Å². The maximum atomic E-state index is 6.30. The Labute approximate surface area is 314 Å². The first kappa shape index (κ1) is 31.6. The second-order valence-corrected chi connectivity index (χ2v) is 13.7. The van der Waals surface area contributed by atoms with Crippen LogP contribution in [0, 0.1) is 0 Å². The largest absolute Gasteiger partial charge is 0.456 e. The lowest BCUT2D eigenvalue weighted by Gasteiger charge is -2.28. The maximum Gasteiger partial charge on any atom is 0.136 e. The van der Waals surface area contributed by atoms with Gasteiger partial charge in [0.15, 0.2) is 0 Å². The first-order valence-corrected chi connectivity index (χ1v) is 18.4. The highest BCUT2D eigenvalue weighted by atomic mass is 16.3. The number of fused-ring (bicyclic) bond motifs is 4. The van der Waals surface area contributed by atoms with Crippen molar-refractivity contribution in [1.29, 1.82) is 0 Å². The molecule has 0 bridgehead atoms. The molecule has 10 rings (SSSR count). The molecule has 2 nitrogen and oxygen atoms in total. The van der Waals surface area contributed by atoms with Crippen LogP contribution in [0.25, 0.3) is 77.2 Å². The average molecular weight is 690 g/mol. The molecule has 9 aromatic carbocycles. The Kier molecular flexibility index (Phi) is 7.85. The molecule has 10 aromatic rings. The summed E-state index contributed by atoms with van der Waals surface area (Å²) in [4.78, 5) is 2.37. The Morgan fingerprint density at radius 2 is 0.796 bits per heavy atom. The lowest BCUT2D eigenvalue weighted by Crippen LogP contribution is -2.11. The highest BCUT2D eigenvalue weighted by Gasteiger charge is 2.18. The molecular weight excluding hydrogens is 655 g/mol. The SMILES string of the molecule is c1ccc(-c2ccc(-c3ccc(N(c4ccc(-c5cccc6cc7c(cc56)oc5ccccc57)cc4)c4ccccc4-c4ccccc4)cc3)cc2)cc1. The molecular formula is C52H35NO. The van der Waals surface area contributed by atoms with Crippen LogP contribution in [-0.4, -0.2) is 0 Å². The lowest BCUT2D eigenvalue weighted by molar-refractivity contribution is 0.669. The third kappa shape index (κ3) is 5.71. The van der Waals surface area contributed by atoms with Gasteiger partial charge in [0.2, 0.25) is 0 Å². The first-order chi connectivity index (χ1) is 26.8. The number of rotatable bonds is 7. The monoisotopic (exact) mass is 689 g/mol. The van der Waals surface area contributed by atoms with Crippen molar-refractivity contribution in [3.63, 3.8) is 0 Å². The van der Waals surface area contributed by atoms with Crippen LogP contribution < -0.4 is 4.90 Å². The second-order valence-electron chi connectivity index (χ2n) is 13.7. The fourth-order valence-corrected chi connectivity index (χ4v) is 7.79. The summed E-state index contributed by atoms with van der Waals surface area (Å²) in [5.41, 5.74) is 14.6. The zero-order valence-corrected chi connectivity index (χ0v) is 29.6. The molecule has 1 heterocycles. The molecule has 0 fully saturated rings. The van der Waals surface area contributed by atoms with Gasteiger partial charge in [0.05, 0.1) is 5.69 Å². The van der Waals surface area contributed by atoms with E-state index in [2.05, 4.69) is 205 Å². The number of para-hydroxylation sites is 2. The highest BCUT2D eigenvalue weighted by molar-refractivity contribution is 6.12. The van der Waals surface area contributed by atoms with E-state index in [0.29, 0.717) is 0 Å². The van der Waals surface area contributed by atoms with E-state index in [-0.39, 0.29) is 0 Å². The Hall–Kier alpha value is -7.16. The predicted molar refractivity (Wildman–Crippen MR) is 228 cm³/mol. The quantitative estimate of drug-likeness (QED) is 0.166. The number of furan rings is 1. The Morgan fingerprint density at radius 3 is 1.48 bits per heavy atom. The minimum atomic E-state index is 0.909. The van der Waals surface area contributed by atoms with E-state index in [1.54, 1.807) is 0 Å². The van der Waals surface area contributed by atoms with Crippen molar-refractivity contribution >= 4 is 49.8 Å². The van der Waals surface area contributed by atoms with E-state index in [4.69, 9.17) is 4.42 Å². The van der Waals surface area contributed by atoms with Gasteiger partial charge in [0.25, 0.3) is 0 Å². The van der Waals surface area contributed by atoms with Crippen molar-refractivity contribution in [1.82, 2.24) is 0 Å². The van der Waals surface area contributed by atoms with Crippen LogP contribution in [0.1, 0.15) is 0 Å². The number of hydrogen-bond acceptors (Lipinski definition) is 2. The summed E-state index contributed by atoms with van der Waals surface area (Å²) in [6.07, 6.45) is 0. The van der Waals surface area contributed by atoms with Gasteiger partial charge in [-0.1, -0.05) is 164 Å². The molecule has 0 saturated heterocycles. The van der Waals surface area contributed by atoms with E-state index < -0.39 is 0 Å². The minimum absolute atomic E-state index is 0.909. The molecule has 0 spiro atoms. The number of anilines is 3. The van der Waals surface area contributed by atoms with Crippen molar-refractivity contribution in [2.75, 3.05) is 4.90 Å². The highest BCUT2D eigenvalue weighted by Crippen LogP contribution is 2.43. The van der Waals surface area contributed by atoms with Crippen LogP contribution in [0.2, 0.25) is 0 Å². The van der Waals surface area contributed by atoms with Gasteiger partial charge in [-0.2, -0.15) is 0 Å². The summed E-state index contributed by atoms with van der Waals surface area (Å²) in [6.45, 7) is 0. The zero-order chi connectivity index (χ0) is 35.8. The second kappa shape index (κ2) is 13.4. The number of nitrogens with zero attached hydrogens (tertiary/aromatic N) is 1. The predicted octanol–water partition coefficient (Wildman–Crippen LogP) is 14.9. The van der Waals surface area contributed by atoms with Crippen LogP contribution in [0.3, 0.4) is 0 Å².